The maximum atomic E-state index is 10.9. The van der Waals surface area contributed by atoms with Crippen LogP contribution in [-0.2, 0) is 34.5 Å². The molecule has 2 aromatic rings. The summed E-state index contributed by atoms with van der Waals surface area (Å²) in [7, 11) is 0. The Labute approximate surface area is 161 Å². The quantitative estimate of drug-likeness (QED) is 0.605. The van der Waals surface area contributed by atoms with Crippen molar-refractivity contribution >= 4 is 11.9 Å². The monoisotopic (exact) mass is 392 g/mol. The molecule has 4 N–H and O–H groups in total. The lowest BCUT2D eigenvalue weighted by Crippen LogP contribution is -2.32. The van der Waals surface area contributed by atoms with Gasteiger partial charge in [-0.2, -0.15) is 10.2 Å². The number of nitrogens with zero attached hydrogens (tertiary/aromatic N) is 2. The van der Waals surface area contributed by atoms with Crippen molar-refractivity contribution in [2.75, 3.05) is 6.61 Å². The molecule has 28 heavy (non-hydrogen) atoms. The Bertz CT molecular complexity index is 911. The number of H-pyrrole nitrogens is 2. The zero-order chi connectivity index (χ0) is 20.7. The van der Waals surface area contributed by atoms with Crippen LogP contribution in [0, 0.1) is 0 Å². The largest absolute Gasteiger partial charge is 0.476 e. The van der Waals surface area contributed by atoms with Gasteiger partial charge in [-0.1, -0.05) is 13.8 Å². The van der Waals surface area contributed by atoms with Crippen molar-refractivity contribution < 1.29 is 29.3 Å². The Morgan fingerprint density at radius 2 is 1.57 bits per heavy atom. The maximum Gasteiger partial charge on any atom is 0.356 e. The Morgan fingerprint density at radius 3 is 2.21 bits per heavy atom. The molecule has 2 aliphatic heterocycles. The second-order valence-corrected chi connectivity index (χ2v) is 8.17. The van der Waals surface area contributed by atoms with Crippen LogP contribution in [0.15, 0.2) is 0 Å². The Balaban J connectivity index is 0.000000161. The lowest BCUT2D eigenvalue weighted by atomic mass is 9.82. The smallest absolute Gasteiger partial charge is 0.356 e. The number of hydrogen-bond donors (Lipinski definition) is 4. The molecule has 0 amide bonds. The summed E-state index contributed by atoms with van der Waals surface area (Å²) < 4.78 is 10.9. The molecule has 10 heteroatoms. The number of carbonyl (C=O) groups is 2. The zero-order valence-electron chi connectivity index (χ0n) is 16.3. The van der Waals surface area contributed by atoms with Crippen molar-refractivity contribution in [1.82, 2.24) is 20.4 Å². The number of aromatic nitrogens is 4. The highest BCUT2D eigenvalue weighted by Crippen LogP contribution is 2.33. The molecule has 0 saturated carbocycles. The lowest BCUT2D eigenvalue weighted by Gasteiger charge is -2.29. The second-order valence-electron chi connectivity index (χ2n) is 8.17. The van der Waals surface area contributed by atoms with Crippen molar-refractivity contribution in [3.05, 3.63) is 33.9 Å². The zero-order valence-corrected chi connectivity index (χ0v) is 16.3. The summed E-state index contributed by atoms with van der Waals surface area (Å²) in [5.74, 6) is -1.97. The van der Waals surface area contributed by atoms with Crippen molar-refractivity contribution in [2.45, 2.75) is 58.3 Å². The van der Waals surface area contributed by atoms with Gasteiger partial charge in [-0.25, -0.2) is 9.59 Å². The molecule has 0 aliphatic carbocycles. The first-order valence-electron chi connectivity index (χ1n) is 8.84. The number of aromatic amines is 2. The van der Waals surface area contributed by atoms with Crippen molar-refractivity contribution in [2.24, 2.45) is 0 Å². The lowest BCUT2D eigenvalue weighted by molar-refractivity contribution is -0.0415. The van der Waals surface area contributed by atoms with Gasteiger partial charge in [0.25, 0.3) is 0 Å². The molecule has 10 nitrogen and oxygen atoms in total. The summed E-state index contributed by atoms with van der Waals surface area (Å²) in [4.78, 5) is 21.7. The summed E-state index contributed by atoms with van der Waals surface area (Å²) in [6, 6.07) is 0. The minimum atomic E-state index is -0.988. The van der Waals surface area contributed by atoms with Gasteiger partial charge < -0.3 is 19.7 Å². The van der Waals surface area contributed by atoms with E-state index in [1.165, 1.54) is 0 Å². The van der Waals surface area contributed by atoms with E-state index in [-0.39, 0.29) is 22.4 Å². The molecule has 2 aliphatic rings. The van der Waals surface area contributed by atoms with Gasteiger partial charge in [0, 0.05) is 23.0 Å². The highest BCUT2D eigenvalue weighted by Gasteiger charge is 2.35. The third-order valence-electron chi connectivity index (χ3n) is 4.80. The van der Waals surface area contributed by atoms with E-state index in [0.29, 0.717) is 26.2 Å². The molecule has 0 radical (unpaired) electrons. The normalized spacial score (nSPS) is 19.0. The fraction of sp³-hybridized carbons (Fsp3) is 0.556. The third-order valence-corrected chi connectivity index (χ3v) is 4.80. The van der Waals surface area contributed by atoms with E-state index in [0.717, 1.165) is 22.5 Å². The van der Waals surface area contributed by atoms with Crippen LogP contribution in [0.5, 0.6) is 0 Å². The summed E-state index contributed by atoms with van der Waals surface area (Å²) in [5.41, 5.74) is 2.75. The van der Waals surface area contributed by atoms with Crippen LogP contribution in [0.4, 0.5) is 0 Å². The third kappa shape index (κ3) is 3.78. The molecule has 0 saturated heterocycles. The molecule has 0 unspecified atom stereocenters. The first-order valence-corrected chi connectivity index (χ1v) is 8.84. The molecule has 0 atom stereocenters. The number of aromatic carboxylic acids is 2. The predicted molar refractivity (Wildman–Crippen MR) is 96.3 cm³/mol. The summed E-state index contributed by atoms with van der Waals surface area (Å²) >= 11 is 0. The van der Waals surface area contributed by atoms with Gasteiger partial charge in [-0.15, -0.1) is 0 Å². The molecule has 0 bridgehead atoms. The predicted octanol–water partition coefficient (Wildman–Crippen LogP) is 1.87. The van der Waals surface area contributed by atoms with Crippen LogP contribution in [0.3, 0.4) is 0 Å². The van der Waals surface area contributed by atoms with Gasteiger partial charge in [0.2, 0.25) is 0 Å². The number of nitrogens with one attached hydrogen (secondary N) is 2. The van der Waals surface area contributed by atoms with Crippen LogP contribution in [0.25, 0.3) is 0 Å². The molecule has 152 valence electrons. The Morgan fingerprint density at radius 1 is 0.964 bits per heavy atom. The Hall–Kier alpha value is -2.72. The maximum absolute atomic E-state index is 10.9. The molecule has 4 heterocycles. The van der Waals surface area contributed by atoms with E-state index in [1.807, 2.05) is 27.7 Å². The van der Waals surface area contributed by atoms with Crippen LogP contribution in [-0.4, -0.2) is 54.8 Å². The van der Waals surface area contributed by atoms with E-state index in [9.17, 15) is 9.59 Å². The number of carboxylic acids is 2. The van der Waals surface area contributed by atoms with Gasteiger partial charge in [0.05, 0.1) is 36.8 Å². The van der Waals surface area contributed by atoms with E-state index < -0.39 is 11.9 Å². The van der Waals surface area contributed by atoms with Gasteiger partial charge in [-0.05, 0) is 13.8 Å². The van der Waals surface area contributed by atoms with Crippen LogP contribution in [0.2, 0.25) is 0 Å². The van der Waals surface area contributed by atoms with E-state index in [4.69, 9.17) is 19.7 Å². The first-order chi connectivity index (χ1) is 13.0. The standard InChI is InChI=1S/2C9H12N2O3/c1-9(2)4-14-3-5-6(9)7(8(12)13)11-10-5;1-9(2)3-5-6(4-14-9)10-11-7(5)8(12)13/h2*3-4H2,1-2H3,(H,10,11)(H,12,13). The van der Waals surface area contributed by atoms with Crippen LogP contribution >= 0.6 is 0 Å². The fourth-order valence-corrected chi connectivity index (χ4v) is 3.48. The minimum absolute atomic E-state index is 0.119. The SMILES string of the molecule is CC1(C)COCc2[nH]nc(C(=O)O)c21.CC1(C)Cc2c(C(=O)O)n[nH]c2CO1. The number of hydrogen-bond acceptors (Lipinski definition) is 6. The van der Waals surface area contributed by atoms with Crippen molar-refractivity contribution in [3.8, 4) is 0 Å². The highest BCUT2D eigenvalue weighted by atomic mass is 16.5. The average molecular weight is 392 g/mol. The molecular formula is C18H24N4O6. The highest BCUT2D eigenvalue weighted by molar-refractivity contribution is 5.88. The van der Waals surface area contributed by atoms with Crippen molar-refractivity contribution in [1.29, 1.82) is 0 Å². The number of ether oxygens (including phenoxy) is 2. The summed E-state index contributed by atoms with van der Waals surface area (Å²) in [6.45, 7) is 9.13. The minimum Gasteiger partial charge on any atom is -0.476 e. The van der Waals surface area contributed by atoms with Gasteiger partial charge >= 0.3 is 11.9 Å². The fourth-order valence-electron chi connectivity index (χ4n) is 3.48. The number of carboxylic acid groups (broad SMARTS) is 2. The number of fused-ring (bicyclic) bond motifs is 2. The van der Waals surface area contributed by atoms with Gasteiger partial charge in [-0.3, -0.25) is 10.2 Å². The van der Waals surface area contributed by atoms with Crippen LogP contribution < -0.4 is 0 Å². The first kappa shape index (κ1) is 20.0. The van der Waals surface area contributed by atoms with Gasteiger partial charge in [0.1, 0.15) is 0 Å². The topological polar surface area (TPSA) is 150 Å². The summed E-state index contributed by atoms with van der Waals surface area (Å²) in [5, 5.41) is 30.8. The number of rotatable bonds is 2. The molecule has 0 spiro atoms. The second kappa shape index (κ2) is 7.02. The Kier molecular flexibility index (Phi) is 5.02. The molecule has 4 rings (SSSR count). The van der Waals surface area contributed by atoms with Gasteiger partial charge in [0.15, 0.2) is 11.4 Å². The molecular weight excluding hydrogens is 368 g/mol. The van der Waals surface area contributed by atoms with E-state index in [2.05, 4.69) is 20.4 Å². The molecule has 0 aromatic carbocycles. The summed E-state index contributed by atoms with van der Waals surface area (Å²) in [6.07, 6.45) is 0.584. The van der Waals surface area contributed by atoms with E-state index >= 15 is 0 Å². The van der Waals surface area contributed by atoms with E-state index in [1.54, 1.807) is 0 Å². The van der Waals surface area contributed by atoms with Crippen LogP contribution in [0.1, 0.15) is 71.2 Å². The molecule has 0 fully saturated rings. The van der Waals surface area contributed by atoms with Crippen molar-refractivity contribution in [3.63, 3.8) is 0 Å². The molecule has 2 aromatic heterocycles. The average Bonchev–Trinajstić information content (AvgIpc) is 3.18.